The molecule has 1 aliphatic heterocycles. The van der Waals surface area contributed by atoms with Gasteiger partial charge in [0.1, 0.15) is 0 Å². The van der Waals surface area contributed by atoms with Crippen molar-refractivity contribution in [2.24, 2.45) is 0 Å². The van der Waals surface area contributed by atoms with Crippen LogP contribution < -0.4 is 0 Å². The molecule has 1 rings (SSSR count). The molecule has 0 aromatic heterocycles. The Morgan fingerprint density at radius 1 is 1.67 bits per heavy atom. The van der Waals surface area contributed by atoms with Gasteiger partial charge in [-0.05, 0) is 26.9 Å². The van der Waals surface area contributed by atoms with Gasteiger partial charge in [-0.2, -0.15) is 0 Å². The van der Waals surface area contributed by atoms with Crippen molar-refractivity contribution >= 4 is 11.8 Å². The smallest absolute Gasteiger partial charge is 0.351 e. The third-order valence-electron chi connectivity index (χ3n) is 2.52. The Labute approximate surface area is 88.4 Å². The fourth-order valence-corrected chi connectivity index (χ4v) is 1.64. The van der Waals surface area contributed by atoms with Crippen LogP contribution in [0.25, 0.3) is 0 Å². The summed E-state index contributed by atoms with van der Waals surface area (Å²) < 4.78 is 18.7. The molecule has 1 heterocycles. The zero-order valence-electron chi connectivity index (χ0n) is 9.09. The normalized spacial score (nSPS) is 28.6. The second-order valence-corrected chi connectivity index (χ2v) is 3.79. The van der Waals surface area contributed by atoms with Crippen LogP contribution >= 0.6 is 0 Å². The lowest BCUT2D eigenvalue weighted by molar-refractivity contribution is -0.162. The van der Waals surface area contributed by atoms with Crippen LogP contribution in [0.4, 0.5) is 4.39 Å². The number of ketones is 1. The number of likely N-dealkylation sites (N-methyl/N-ethyl adjacent to an activating group) is 1. The van der Waals surface area contributed by atoms with Gasteiger partial charge in [-0.25, -0.2) is 9.18 Å². The Morgan fingerprint density at radius 2 is 2.33 bits per heavy atom. The minimum absolute atomic E-state index is 0.0324. The number of hydrogen-bond acceptors (Lipinski definition) is 4. The standard InChI is InChI=1S/C10H16FNO3/c1-3-15-9(14)10(11)5-4-6-12(2)7-8(10)13/h3-7H2,1-2H3. The summed E-state index contributed by atoms with van der Waals surface area (Å²) >= 11 is 0. The van der Waals surface area contributed by atoms with E-state index in [2.05, 4.69) is 4.74 Å². The average Bonchev–Trinajstić information content (AvgIpc) is 2.28. The second kappa shape index (κ2) is 4.70. The van der Waals surface area contributed by atoms with Gasteiger partial charge >= 0.3 is 5.97 Å². The molecule has 0 aliphatic carbocycles. The summed E-state index contributed by atoms with van der Waals surface area (Å²) in [5.41, 5.74) is -2.43. The van der Waals surface area contributed by atoms with E-state index in [0.717, 1.165) is 0 Å². The Morgan fingerprint density at radius 3 is 2.93 bits per heavy atom. The Bertz CT molecular complexity index is 269. The van der Waals surface area contributed by atoms with Crippen molar-refractivity contribution in [3.8, 4) is 0 Å². The molecule has 4 nitrogen and oxygen atoms in total. The molecule has 0 aromatic rings. The zero-order valence-corrected chi connectivity index (χ0v) is 9.09. The van der Waals surface area contributed by atoms with Gasteiger partial charge in [-0.1, -0.05) is 0 Å². The summed E-state index contributed by atoms with van der Waals surface area (Å²) in [7, 11) is 1.73. The molecule has 0 bridgehead atoms. The molecule has 5 heteroatoms. The van der Waals surface area contributed by atoms with E-state index in [9.17, 15) is 14.0 Å². The van der Waals surface area contributed by atoms with E-state index < -0.39 is 17.4 Å². The molecule has 1 atom stereocenters. The molecule has 0 N–H and O–H groups in total. The van der Waals surface area contributed by atoms with Crippen LogP contribution in [0.3, 0.4) is 0 Å². The highest BCUT2D eigenvalue weighted by Crippen LogP contribution is 2.25. The summed E-state index contributed by atoms with van der Waals surface area (Å²) in [6.07, 6.45) is 0.409. The molecule has 0 radical (unpaired) electrons. The Kier molecular flexibility index (Phi) is 3.79. The van der Waals surface area contributed by atoms with Crippen LogP contribution in [0, 0.1) is 0 Å². The van der Waals surface area contributed by atoms with Gasteiger partial charge in [0.25, 0.3) is 5.67 Å². The van der Waals surface area contributed by atoms with Crippen molar-refractivity contribution in [2.75, 3.05) is 26.7 Å². The predicted molar refractivity (Wildman–Crippen MR) is 52.2 cm³/mol. The largest absolute Gasteiger partial charge is 0.463 e. The summed E-state index contributed by atoms with van der Waals surface area (Å²) in [5, 5.41) is 0. The number of hydrogen-bond donors (Lipinski definition) is 0. The molecule has 0 amide bonds. The molecule has 1 unspecified atom stereocenters. The second-order valence-electron chi connectivity index (χ2n) is 3.79. The van der Waals surface area contributed by atoms with Crippen molar-refractivity contribution in [2.45, 2.75) is 25.4 Å². The van der Waals surface area contributed by atoms with Crippen LogP contribution in [-0.4, -0.2) is 49.1 Å². The van der Waals surface area contributed by atoms with E-state index in [1.165, 1.54) is 0 Å². The van der Waals surface area contributed by atoms with Crippen LogP contribution in [-0.2, 0) is 14.3 Å². The number of likely N-dealkylation sites (tertiary alicyclic amines) is 1. The van der Waals surface area contributed by atoms with E-state index in [-0.39, 0.29) is 19.6 Å². The number of nitrogens with zero attached hydrogens (tertiary/aromatic N) is 1. The monoisotopic (exact) mass is 217 g/mol. The number of carbonyl (C=O) groups excluding carboxylic acids is 2. The lowest BCUT2D eigenvalue weighted by atomic mass is 9.96. The van der Waals surface area contributed by atoms with Crippen LogP contribution in [0.2, 0.25) is 0 Å². The van der Waals surface area contributed by atoms with Crippen molar-refractivity contribution < 1.29 is 18.7 Å². The van der Waals surface area contributed by atoms with Gasteiger partial charge in [0.05, 0.1) is 13.2 Å². The number of esters is 1. The topological polar surface area (TPSA) is 46.6 Å². The molecule has 15 heavy (non-hydrogen) atoms. The Balaban J connectivity index is 2.80. The first-order chi connectivity index (χ1) is 7.00. The van der Waals surface area contributed by atoms with E-state index in [0.29, 0.717) is 13.0 Å². The minimum Gasteiger partial charge on any atom is -0.463 e. The molecular weight excluding hydrogens is 201 g/mol. The highest BCUT2D eigenvalue weighted by atomic mass is 19.1. The third-order valence-corrected chi connectivity index (χ3v) is 2.52. The first kappa shape index (κ1) is 12.1. The molecule has 86 valence electrons. The maximum atomic E-state index is 14.1. The average molecular weight is 217 g/mol. The maximum absolute atomic E-state index is 14.1. The first-order valence-corrected chi connectivity index (χ1v) is 5.08. The van der Waals surface area contributed by atoms with Crippen molar-refractivity contribution in [3.05, 3.63) is 0 Å². The van der Waals surface area contributed by atoms with Crippen LogP contribution in [0.15, 0.2) is 0 Å². The first-order valence-electron chi connectivity index (χ1n) is 5.08. The SMILES string of the molecule is CCOC(=O)C1(F)CCCN(C)CC1=O. The van der Waals surface area contributed by atoms with Gasteiger partial charge < -0.3 is 4.74 Å². The van der Waals surface area contributed by atoms with E-state index in [1.807, 2.05) is 0 Å². The summed E-state index contributed by atoms with van der Waals surface area (Å²) in [6.45, 7) is 2.27. The fraction of sp³-hybridized carbons (Fsp3) is 0.800. The number of alkyl halides is 1. The number of carbonyl (C=O) groups is 2. The molecule has 0 saturated carbocycles. The third kappa shape index (κ3) is 2.53. The molecule has 0 spiro atoms. The molecule has 1 saturated heterocycles. The highest BCUT2D eigenvalue weighted by molar-refractivity contribution is 6.08. The quantitative estimate of drug-likeness (QED) is 0.500. The van der Waals surface area contributed by atoms with Gasteiger partial charge in [0.15, 0.2) is 5.78 Å². The zero-order chi connectivity index (χ0) is 11.5. The molecule has 1 fully saturated rings. The van der Waals surface area contributed by atoms with Gasteiger partial charge in [0.2, 0.25) is 0 Å². The number of halogens is 1. The van der Waals surface area contributed by atoms with Crippen LogP contribution in [0.5, 0.6) is 0 Å². The number of rotatable bonds is 2. The van der Waals surface area contributed by atoms with E-state index >= 15 is 0 Å². The highest BCUT2D eigenvalue weighted by Gasteiger charge is 2.48. The lowest BCUT2D eigenvalue weighted by Gasteiger charge is -2.19. The van der Waals surface area contributed by atoms with Crippen molar-refractivity contribution in [3.63, 3.8) is 0 Å². The van der Waals surface area contributed by atoms with Crippen molar-refractivity contribution in [1.29, 1.82) is 0 Å². The lowest BCUT2D eigenvalue weighted by Crippen LogP contribution is -2.45. The summed E-state index contributed by atoms with van der Waals surface area (Å²) in [4.78, 5) is 24.6. The molecule has 1 aliphatic rings. The number of ether oxygens (including phenoxy) is 1. The van der Waals surface area contributed by atoms with Crippen molar-refractivity contribution in [1.82, 2.24) is 4.90 Å². The minimum atomic E-state index is -2.43. The molecular formula is C10H16FNO3. The van der Waals surface area contributed by atoms with Gasteiger partial charge in [0, 0.05) is 6.42 Å². The predicted octanol–water partition coefficient (Wildman–Crippen LogP) is 0.552. The summed E-state index contributed by atoms with van der Waals surface area (Å²) in [5.74, 6) is -1.73. The van der Waals surface area contributed by atoms with Gasteiger partial charge in [-0.3, -0.25) is 9.69 Å². The maximum Gasteiger partial charge on any atom is 0.351 e. The van der Waals surface area contributed by atoms with E-state index in [4.69, 9.17) is 0 Å². The van der Waals surface area contributed by atoms with Gasteiger partial charge in [-0.15, -0.1) is 0 Å². The van der Waals surface area contributed by atoms with E-state index in [1.54, 1.807) is 18.9 Å². The van der Waals surface area contributed by atoms with Crippen LogP contribution in [0.1, 0.15) is 19.8 Å². The Hall–Kier alpha value is -0.970. The molecule has 0 aromatic carbocycles. The fourth-order valence-electron chi connectivity index (χ4n) is 1.64. The number of Topliss-reactive ketones (excluding diaryl/α,β-unsaturated/α-hetero) is 1. The summed E-state index contributed by atoms with van der Waals surface area (Å²) in [6, 6.07) is 0.